The lowest BCUT2D eigenvalue weighted by Gasteiger charge is -2.15. The van der Waals surface area contributed by atoms with E-state index in [1.54, 1.807) is 12.3 Å². The summed E-state index contributed by atoms with van der Waals surface area (Å²) in [6.07, 6.45) is 1.86. The number of primary amides is 1. The van der Waals surface area contributed by atoms with Crippen molar-refractivity contribution in [1.82, 2.24) is 19.5 Å². The molecule has 3 aromatic rings. The van der Waals surface area contributed by atoms with Gasteiger partial charge in [0.15, 0.2) is 5.65 Å². The highest BCUT2D eigenvalue weighted by Crippen LogP contribution is 2.27. The molecule has 0 unspecified atom stereocenters. The summed E-state index contributed by atoms with van der Waals surface area (Å²) in [5.41, 5.74) is 6.00. The molecule has 1 atom stereocenters. The molecular weight excluding hydrogens is 326 g/mol. The van der Waals surface area contributed by atoms with E-state index in [9.17, 15) is 9.59 Å². The summed E-state index contributed by atoms with van der Waals surface area (Å²) < 4.78 is 12.9. The molecule has 2 bridgehead atoms. The minimum atomic E-state index is -0.652. The zero-order valence-corrected chi connectivity index (χ0v) is 13.4. The molecule has 9 nitrogen and oxygen atoms in total. The van der Waals surface area contributed by atoms with Gasteiger partial charge in [-0.2, -0.15) is 4.98 Å². The van der Waals surface area contributed by atoms with Crippen LogP contribution < -0.4 is 20.9 Å². The van der Waals surface area contributed by atoms with Crippen molar-refractivity contribution in [1.29, 1.82) is 0 Å². The average Bonchev–Trinajstić information content (AvgIpc) is 2.90. The number of amides is 1. The van der Waals surface area contributed by atoms with Gasteiger partial charge in [0.2, 0.25) is 5.88 Å². The number of hydrogen-bond donors (Lipinski definition) is 2. The predicted molar refractivity (Wildman–Crippen MR) is 88.2 cm³/mol. The molecule has 0 radical (unpaired) electrons. The monoisotopic (exact) mass is 341 g/mol. The summed E-state index contributed by atoms with van der Waals surface area (Å²) in [5.74, 6) is 0.232. The number of nitrogens with one attached hydrogen (secondary N) is 1. The molecule has 0 aromatic carbocycles. The van der Waals surface area contributed by atoms with Crippen molar-refractivity contribution < 1.29 is 14.3 Å². The van der Waals surface area contributed by atoms with Gasteiger partial charge >= 0.3 is 5.69 Å². The van der Waals surface area contributed by atoms with Gasteiger partial charge in [0, 0.05) is 18.7 Å². The molecule has 1 aliphatic rings. The average molecular weight is 341 g/mol. The molecule has 128 valence electrons. The molecule has 1 aliphatic heterocycles. The Morgan fingerprint density at radius 1 is 1.40 bits per heavy atom. The normalized spacial score (nSPS) is 16.6. The van der Waals surface area contributed by atoms with E-state index < -0.39 is 11.6 Å². The van der Waals surface area contributed by atoms with E-state index in [0.29, 0.717) is 29.9 Å². The molecule has 0 saturated heterocycles. The molecule has 0 fully saturated rings. The van der Waals surface area contributed by atoms with Crippen molar-refractivity contribution in [3.8, 4) is 17.4 Å². The summed E-state index contributed by atoms with van der Waals surface area (Å²) in [7, 11) is 0. The van der Waals surface area contributed by atoms with Crippen molar-refractivity contribution in [2.75, 3.05) is 6.61 Å². The fraction of sp³-hybridized carbons (Fsp3) is 0.250. The Morgan fingerprint density at radius 2 is 2.24 bits per heavy atom. The second-order valence-corrected chi connectivity index (χ2v) is 5.72. The maximum absolute atomic E-state index is 12.4. The first-order valence-electron chi connectivity index (χ1n) is 7.75. The van der Waals surface area contributed by atoms with Crippen LogP contribution in [-0.2, 0) is 0 Å². The van der Waals surface area contributed by atoms with E-state index in [1.165, 1.54) is 16.7 Å². The standard InChI is InChI=1S/C16H15N5O4/c1-8-5-7-24-10-4-6-18-14-12(10)21(16(23)20-14)11-3-2-9(13(17)22)15(19-11)25-8/h2-4,6,8H,5,7H2,1H3,(H2,17,22)(H,18,20,23)/t8-/m1/s1. The quantitative estimate of drug-likeness (QED) is 0.673. The highest BCUT2D eigenvalue weighted by Gasteiger charge is 2.21. The summed E-state index contributed by atoms with van der Waals surface area (Å²) >= 11 is 0. The summed E-state index contributed by atoms with van der Waals surface area (Å²) in [6.45, 7) is 2.21. The molecule has 25 heavy (non-hydrogen) atoms. The van der Waals surface area contributed by atoms with Crippen molar-refractivity contribution in [3.63, 3.8) is 0 Å². The third-order valence-electron chi connectivity index (χ3n) is 3.97. The van der Waals surface area contributed by atoms with Crippen LogP contribution in [0, 0.1) is 0 Å². The van der Waals surface area contributed by atoms with Crippen molar-refractivity contribution >= 4 is 17.1 Å². The zero-order valence-electron chi connectivity index (χ0n) is 13.4. The Hall–Kier alpha value is -3.36. The first-order chi connectivity index (χ1) is 12.0. The van der Waals surface area contributed by atoms with Crippen LogP contribution >= 0.6 is 0 Å². The number of rotatable bonds is 1. The van der Waals surface area contributed by atoms with Crippen LogP contribution in [0.3, 0.4) is 0 Å². The maximum Gasteiger partial charge on any atom is 0.333 e. The number of carbonyl (C=O) groups excluding carboxylic acids is 1. The molecule has 0 aliphatic carbocycles. The Bertz CT molecular complexity index is 1040. The third kappa shape index (κ3) is 2.49. The van der Waals surface area contributed by atoms with Crippen LogP contribution in [-0.4, -0.2) is 38.1 Å². The molecule has 4 heterocycles. The summed E-state index contributed by atoms with van der Waals surface area (Å²) in [5, 5.41) is 0. The van der Waals surface area contributed by atoms with Gasteiger partial charge in [-0.3, -0.25) is 9.78 Å². The largest absolute Gasteiger partial charge is 0.491 e. The molecule has 9 heteroatoms. The molecule has 0 saturated carbocycles. The number of pyridine rings is 2. The summed E-state index contributed by atoms with van der Waals surface area (Å²) in [4.78, 5) is 35.3. The van der Waals surface area contributed by atoms with Crippen LogP contribution in [0.25, 0.3) is 17.0 Å². The number of imidazole rings is 1. The summed E-state index contributed by atoms with van der Waals surface area (Å²) in [6, 6.07) is 4.71. The molecule has 3 N–H and O–H groups in total. The van der Waals surface area contributed by atoms with Gasteiger partial charge in [-0.05, 0) is 19.1 Å². The van der Waals surface area contributed by atoms with E-state index in [4.69, 9.17) is 15.2 Å². The minimum Gasteiger partial charge on any atom is -0.491 e. The molecular formula is C16H15N5O4. The van der Waals surface area contributed by atoms with Gasteiger partial charge in [-0.15, -0.1) is 0 Å². The van der Waals surface area contributed by atoms with E-state index in [0.717, 1.165) is 0 Å². The number of H-pyrrole nitrogens is 1. The van der Waals surface area contributed by atoms with Crippen LogP contribution in [0.15, 0.2) is 29.2 Å². The molecule has 3 aromatic heterocycles. The lowest BCUT2D eigenvalue weighted by Crippen LogP contribution is -2.21. The highest BCUT2D eigenvalue weighted by molar-refractivity contribution is 5.95. The minimum absolute atomic E-state index is 0.0890. The number of aromatic nitrogens is 4. The van der Waals surface area contributed by atoms with Gasteiger partial charge in [0.05, 0.1) is 6.61 Å². The highest BCUT2D eigenvalue weighted by atomic mass is 16.5. The van der Waals surface area contributed by atoms with E-state index in [1.807, 2.05) is 6.92 Å². The number of hydrogen-bond acceptors (Lipinski definition) is 6. The van der Waals surface area contributed by atoms with Crippen LogP contribution in [0.2, 0.25) is 0 Å². The first kappa shape index (κ1) is 15.2. The van der Waals surface area contributed by atoms with Crippen molar-refractivity contribution in [3.05, 3.63) is 40.4 Å². The number of carbonyl (C=O) groups is 1. The second kappa shape index (κ2) is 5.62. The smallest absolute Gasteiger partial charge is 0.333 e. The Kier molecular flexibility index (Phi) is 3.41. The van der Waals surface area contributed by atoms with Gasteiger partial charge in [0.1, 0.15) is 28.8 Å². The van der Waals surface area contributed by atoms with Crippen molar-refractivity contribution in [2.45, 2.75) is 19.4 Å². The Balaban J connectivity index is 2.04. The predicted octanol–water partition coefficient (Wildman–Crippen LogP) is 0.758. The van der Waals surface area contributed by atoms with E-state index in [2.05, 4.69) is 15.0 Å². The van der Waals surface area contributed by atoms with Crippen LogP contribution in [0.5, 0.6) is 11.6 Å². The van der Waals surface area contributed by atoms with Gasteiger partial charge in [0.25, 0.3) is 5.91 Å². The third-order valence-corrected chi connectivity index (χ3v) is 3.97. The van der Waals surface area contributed by atoms with E-state index in [-0.39, 0.29) is 23.4 Å². The SMILES string of the molecule is C[C@@H]1CCOc2ccnc3[nH]c(=O)n(c23)-c2ccc(C(N)=O)c(n2)O1. The van der Waals surface area contributed by atoms with Crippen LogP contribution in [0.1, 0.15) is 23.7 Å². The number of nitrogens with two attached hydrogens (primary N) is 1. The van der Waals surface area contributed by atoms with Crippen LogP contribution in [0.4, 0.5) is 0 Å². The molecule has 4 rings (SSSR count). The number of nitrogens with zero attached hydrogens (tertiary/aromatic N) is 3. The Morgan fingerprint density at radius 3 is 3.04 bits per heavy atom. The maximum atomic E-state index is 12.4. The zero-order chi connectivity index (χ0) is 17.6. The molecule has 1 amide bonds. The van der Waals surface area contributed by atoms with Crippen molar-refractivity contribution in [2.24, 2.45) is 5.73 Å². The first-order valence-corrected chi connectivity index (χ1v) is 7.75. The second-order valence-electron chi connectivity index (χ2n) is 5.72. The topological polar surface area (TPSA) is 125 Å². The molecule has 0 spiro atoms. The van der Waals surface area contributed by atoms with Gasteiger partial charge < -0.3 is 15.2 Å². The lowest BCUT2D eigenvalue weighted by atomic mass is 10.2. The van der Waals surface area contributed by atoms with Gasteiger partial charge in [-0.1, -0.05) is 0 Å². The lowest BCUT2D eigenvalue weighted by molar-refractivity contribution is 0.0990. The fourth-order valence-electron chi connectivity index (χ4n) is 2.75. The number of aromatic amines is 1. The number of fused-ring (bicyclic) bond motifs is 3. The fourth-order valence-corrected chi connectivity index (χ4v) is 2.75. The van der Waals surface area contributed by atoms with Gasteiger partial charge in [-0.25, -0.2) is 14.3 Å². The van der Waals surface area contributed by atoms with E-state index >= 15 is 0 Å². The Labute approximate surface area is 141 Å². The number of ether oxygens (including phenoxy) is 2.